The number of rotatable bonds is 7. The highest BCUT2D eigenvalue weighted by molar-refractivity contribution is 8.18. The molecule has 0 aromatic heterocycles. The molecule has 2 amide bonds. The normalized spacial score (nSPS) is 15.6. The van der Waals surface area contributed by atoms with Crippen molar-refractivity contribution in [2.75, 3.05) is 12.0 Å². The van der Waals surface area contributed by atoms with E-state index in [0.717, 1.165) is 29.4 Å². The van der Waals surface area contributed by atoms with Crippen LogP contribution in [0.5, 0.6) is 0 Å². The fourth-order valence-electron chi connectivity index (χ4n) is 2.69. The number of thioether (sulfide) groups is 1. The number of imide groups is 1. The maximum Gasteiger partial charge on any atom is 0.295 e. The third-order valence-corrected chi connectivity index (χ3v) is 5.41. The first kappa shape index (κ1) is 19.5. The maximum atomic E-state index is 12.5. The molecule has 0 radical (unpaired) electrons. The number of carbonyl (C=O) groups excluding carboxylic acids is 2. The van der Waals surface area contributed by atoms with Gasteiger partial charge in [0, 0.05) is 10.7 Å². The molecule has 2 aromatic carbocycles. The average Bonchev–Trinajstić information content (AvgIpc) is 2.94. The second kappa shape index (κ2) is 9.11. The van der Waals surface area contributed by atoms with Crippen molar-refractivity contribution in [3.8, 4) is 0 Å². The Morgan fingerprint density at radius 3 is 2.44 bits per heavy atom. The number of anilines is 1. The number of hydrogen-bond acceptors (Lipinski definition) is 4. The van der Waals surface area contributed by atoms with E-state index in [1.165, 1.54) is 23.3 Å². The minimum Gasteiger partial charge on any atom is -0.367 e. The zero-order valence-electron chi connectivity index (χ0n) is 15.1. The van der Waals surface area contributed by atoms with Crippen LogP contribution in [0, 0.1) is 0 Å². The highest BCUT2D eigenvalue weighted by Crippen LogP contribution is 2.32. The Labute approximate surface area is 168 Å². The molecule has 140 valence electrons. The number of aryl methyl sites for hydroxylation is 1. The first-order valence-corrected chi connectivity index (χ1v) is 10.1. The Balaban J connectivity index is 1.61. The first-order valence-electron chi connectivity index (χ1n) is 8.90. The molecule has 0 saturated carbocycles. The Kier molecular flexibility index (Phi) is 6.58. The molecule has 6 heteroatoms. The molecule has 3 rings (SSSR count). The summed E-state index contributed by atoms with van der Waals surface area (Å²) in [5.74, 6) is -0.285. The second-order valence-corrected chi connectivity index (χ2v) is 7.73. The summed E-state index contributed by atoms with van der Waals surface area (Å²) in [7, 11) is 0. The van der Waals surface area contributed by atoms with Gasteiger partial charge in [0.1, 0.15) is 0 Å². The summed E-state index contributed by atoms with van der Waals surface area (Å²) in [4.78, 5) is 26.4. The van der Waals surface area contributed by atoms with Crippen LogP contribution in [0.4, 0.5) is 10.5 Å². The molecule has 27 heavy (non-hydrogen) atoms. The van der Waals surface area contributed by atoms with Crippen LogP contribution in [-0.2, 0) is 11.2 Å². The molecule has 1 saturated heterocycles. The summed E-state index contributed by atoms with van der Waals surface area (Å²) < 4.78 is 0. The van der Waals surface area contributed by atoms with Crippen LogP contribution in [0.1, 0.15) is 30.9 Å². The second-order valence-electron chi connectivity index (χ2n) is 6.30. The summed E-state index contributed by atoms with van der Waals surface area (Å²) in [6.07, 6.45) is 5.12. The molecule has 1 N–H and O–H groups in total. The van der Waals surface area contributed by atoms with Crippen LogP contribution in [0.2, 0.25) is 5.02 Å². The van der Waals surface area contributed by atoms with Crippen molar-refractivity contribution in [2.45, 2.75) is 26.2 Å². The van der Waals surface area contributed by atoms with Gasteiger partial charge in [0.15, 0.2) is 0 Å². The van der Waals surface area contributed by atoms with Crippen molar-refractivity contribution >= 4 is 46.3 Å². The lowest BCUT2D eigenvalue weighted by Gasteiger charge is -2.14. The van der Waals surface area contributed by atoms with Crippen molar-refractivity contribution in [1.82, 2.24) is 4.90 Å². The topological polar surface area (TPSA) is 49.4 Å². The maximum absolute atomic E-state index is 12.5. The fourth-order valence-corrected chi connectivity index (χ4v) is 3.65. The van der Waals surface area contributed by atoms with E-state index in [2.05, 4.69) is 24.4 Å². The molecule has 1 aliphatic heterocycles. The SMILES string of the molecule is CCCCc1ccc(NCN2C(=O)SC(=Cc3ccc(Cl)cc3)C2=O)cc1. The van der Waals surface area contributed by atoms with Crippen LogP contribution in [0.15, 0.2) is 53.4 Å². The Morgan fingerprint density at radius 1 is 1.07 bits per heavy atom. The number of unbranched alkanes of at least 4 members (excludes halogenated alkanes) is 1. The molecular weight excluding hydrogens is 380 g/mol. The predicted octanol–water partition coefficient (Wildman–Crippen LogP) is 5.79. The number of carbonyl (C=O) groups is 2. The number of amides is 2. The van der Waals surface area contributed by atoms with E-state index < -0.39 is 0 Å². The molecule has 0 atom stereocenters. The van der Waals surface area contributed by atoms with Crippen molar-refractivity contribution in [2.24, 2.45) is 0 Å². The highest BCUT2D eigenvalue weighted by atomic mass is 35.5. The molecule has 0 unspecified atom stereocenters. The van der Waals surface area contributed by atoms with Crippen molar-refractivity contribution in [3.05, 3.63) is 69.6 Å². The van der Waals surface area contributed by atoms with Gasteiger partial charge in [-0.25, -0.2) is 0 Å². The molecule has 4 nitrogen and oxygen atoms in total. The molecule has 0 spiro atoms. The van der Waals surface area contributed by atoms with Gasteiger partial charge in [0.25, 0.3) is 11.1 Å². The third kappa shape index (κ3) is 5.15. The molecule has 0 aliphatic carbocycles. The molecule has 1 fully saturated rings. The van der Waals surface area contributed by atoms with Gasteiger partial charge in [-0.3, -0.25) is 14.5 Å². The number of nitrogens with one attached hydrogen (secondary N) is 1. The third-order valence-electron chi connectivity index (χ3n) is 4.26. The minimum atomic E-state index is -0.285. The Bertz CT molecular complexity index is 847. The van der Waals surface area contributed by atoms with Gasteiger partial charge < -0.3 is 5.32 Å². The molecular formula is C21H21ClN2O2S. The first-order chi connectivity index (χ1) is 13.1. The quantitative estimate of drug-likeness (QED) is 0.597. The van der Waals surface area contributed by atoms with Gasteiger partial charge in [0.05, 0.1) is 11.6 Å². The molecule has 1 aliphatic rings. The van der Waals surface area contributed by atoms with E-state index >= 15 is 0 Å². The van der Waals surface area contributed by atoms with E-state index in [9.17, 15) is 9.59 Å². The van der Waals surface area contributed by atoms with E-state index in [1.54, 1.807) is 18.2 Å². The lowest BCUT2D eigenvalue weighted by molar-refractivity contribution is -0.122. The van der Waals surface area contributed by atoms with E-state index in [-0.39, 0.29) is 17.8 Å². The van der Waals surface area contributed by atoms with Gasteiger partial charge in [-0.05, 0) is 66.1 Å². The highest BCUT2D eigenvalue weighted by Gasteiger charge is 2.34. The zero-order chi connectivity index (χ0) is 19.2. The van der Waals surface area contributed by atoms with Crippen LogP contribution < -0.4 is 5.32 Å². The molecule has 1 heterocycles. The summed E-state index contributed by atoms with van der Waals surface area (Å²) in [6.45, 7) is 2.32. The molecule has 2 aromatic rings. The van der Waals surface area contributed by atoms with Crippen LogP contribution in [0.25, 0.3) is 6.08 Å². The Morgan fingerprint density at radius 2 is 1.78 bits per heavy atom. The largest absolute Gasteiger partial charge is 0.367 e. The van der Waals surface area contributed by atoms with Gasteiger partial charge in [0.2, 0.25) is 0 Å². The predicted molar refractivity (Wildman–Crippen MR) is 113 cm³/mol. The van der Waals surface area contributed by atoms with E-state index in [1.807, 2.05) is 24.3 Å². The minimum absolute atomic E-state index is 0.150. The van der Waals surface area contributed by atoms with Crippen molar-refractivity contribution in [1.29, 1.82) is 0 Å². The Hall–Kier alpha value is -2.24. The zero-order valence-corrected chi connectivity index (χ0v) is 16.6. The van der Waals surface area contributed by atoms with Crippen molar-refractivity contribution < 1.29 is 9.59 Å². The average molecular weight is 401 g/mol. The number of halogens is 1. The van der Waals surface area contributed by atoms with E-state index in [4.69, 9.17) is 11.6 Å². The number of hydrogen-bond donors (Lipinski definition) is 1. The van der Waals surface area contributed by atoms with Crippen LogP contribution in [-0.4, -0.2) is 22.7 Å². The van der Waals surface area contributed by atoms with Gasteiger partial charge >= 0.3 is 0 Å². The lowest BCUT2D eigenvalue weighted by Crippen LogP contribution is -2.33. The monoisotopic (exact) mass is 400 g/mol. The van der Waals surface area contributed by atoms with E-state index in [0.29, 0.717) is 9.93 Å². The number of nitrogens with zero attached hydrogens (tertiary/aromatic N) is 1. The summed E-state index contributed by atoms with van der Waals surface area (Å²) in [6, 6.07) is 15.2. The van der Waals surface area contributed by atoms with Crippen molar-refractivity contribution in [3.63, 3.8) is 0 Å². The van der Waals surface area contributed by atoms with Gasteiger partial charge in [-0.1, -0.05) is 49.2 Å². The molecule has 0 bridgehead atoms. The smallest absolute Gasteiger partial charge is 0.295 e. The van der Waals surface area contributed by atoms with Crippen LogP contribution >= 0.6 is 23.4 Å². The summed E-state index contributed by atoms with van der Waals surface area (Å²) >= 11 is 6.83. The fraction of sp³-hybridized carbons (Fsp3) is 0.238. The standard InChI is InChI=1S/C21H21ClN2O2S/c1-2-3-4-15-7-11-18(12-8-15)23-14-24-20(25)19(27-21(24)26)13-16-5-9-17(22)10-6-16/h5-13,23H,2-4,14H2,1H3. The summed E-state index contributed by atoms with van der Waals surface area (Å²) in [5.41, 5.74) is 3.01. The summed E-state index contributed by atoms with van der Waals surface area (Å²) in [5, 5.41) is 3.51. The van der Waals surface area contributed by atoms with Gasteiger partial charge in [-0.15, -0.1) is 0 Å². The number of benzene rings is 2. The van der Waals surface area contributed by atoms with Gasteiger partial charge in [-0.2, -0.15) is 0 Å². The lowest BCUT2D eigenvalue weighted by atomic mass is 10.1. The van der Waals surface area contributed by atoms with Crippen LogP contribution in [0.3, 0.4) is 0 Å².